The number of hydrogen-bond donors (Lipinski definition) is 2. The zero-order chi connectivity index (χ0) is 11.5. The van der Waals surface area contributed by atoms with Crippen LogP contribution in [-0.4, -0.2) is 22.6 Å². The molecule has 1 amide bonds. The van der Waals surface area contributed by atoms with Crippen molar-refractivity contribution < 1.29 is 9.21 Å². The minimum absolute atomic E-state index is 0.116. The Hall–Kier alpha value is -1.43. The highest BCUT2D eigenvalue weighted by Crippen LogP contribution is 2.21. The lowest BCUT2D eigenvalue weighted by Gasteiger charge is -2.23. The van der Waals surface area contributed by atoms with Gasteiger partial charge in [-0.1, -0.05) is 12.0 Å². The Morgan fingerprint density at radius 2 is 2.27 bits per heavy atom. The first-order valence-corrected chi connectivity index (χ1v) is 4.83. The predicted octanol–water partition coefficient (Wildman–Crippen LogP) is 0.692. The number of nitrogens with zero attached hydrogens (tertiary/aromatic N) is 2. The lowest BCUT2D eigenvalue weighted by atomic mass is 9.87. The molecule has 1 rings (SSSR count). The van der Waals surface area contributed by atoms with Crippen LogP contribution in [0.1, 0.15) is 26.2 Å². The average molecular weight is 212 g/mol. The van der Waals surface area contributed by atoms with Gasteiger partial charge in [-0.3, -0.25) is 10.1 Å². The predicted molar refractivity (Wildman–Crippen MR) is 55.1 cm³/mol. The number of nitrogens with one attached hydrogen (secondary N) is 1. The number of amides is 1. The van der Waals surface area contributed by atoms with Crippen molar-refractivity contribution in [2.24, 2.45) is 11.1 Å². The van der Waals surface area contributed by atoms with Crippen molar-refractivity contribution in [1.29, 1.82) is 0 Å². The van der Waals surface area contributed by atoms with Gasteiger partial charge in [0.05, 0.1) is 5.41 Å². The number of carbonyl (C=O) groups is 1. The lowest BCUT2D eigenvalue weighted by Crippen LogP contribution is -2.39. The smallest absolute Gasteiger partial charge is 0.322 e. The van der Waals surface area contributed by atoms with Crippen molar-refractivity contribution >= 4 is 11.9 Å². The highest BCUT2D eigenvalue weighted by atomic mass is 16.4. The summed E-state index contributed by atoms with van der Waals surface area (Å²) in [4.78, 5) is 11.8. The number of carbonyl (C=O) groups excluding carboxylic acids is 1. The zero-order valence-electron chi connectivity index (χ0n) is 9.20. The molecule has 0 fully saturated rings. The van der Waals surface area contributed by atoms with Gasteiger partial charge in [-0.05, 0) is 13.3 Å². The fourth-order valence-corrected chi connectivity index (χ4v) is 0.993. The lowest BCUT2D eigenvalue weighted by molar-refractivity contribution is -0.124. The Kier molecular flexibility index (Phi) is 3.41. The highest BCUT2D eigenvalue weighted by Gasteiger charge is 2.30. The summed E-state index contributed by atoms with van der Waals surface area (Å²) in [5, 5.41) is 9.84. The summed E-state index contributed by atoms with van der Waals surface area (Å²) in [6.45, 7) is 5.64. The van der Waals surface area contributed by atoms with Crippen LogP contribution in [0.4, 0.5) is 6.01 Å². The van der Waals surface area contributed by atoms with Gasteiger partial charge in [0.15, 0.2) is 0 Å². The first kappa shape index (κ1) is 11.6. The average Bonchev–Trinajstić information content (AvgIpc) is 2.62. The van der Waals surface area contributed by atoms with Crippen LogP contribution in [0.5, 0.6) is 0 Å². The van der Waals surface area contributed by atoms with Crippen molar-refractivity contribution in [3.05, 3.63) is 5.89 Å². The number of aromatic nitrogens is 2. The quantitative estimate of drug-likeness (QED) is 0.765. The van der Waals surface area contributed by atoms with Gasteiger partial charge in [0.25, 0.3) is 0 Å². The molecule has 0 aliphatic carbocycles. The molecule has 84 valence electrons. The van der Waals surface area contributed by atoms with Gasteiger partial charge in [-0.25, -0.2) is 0 Å². The van der Waals surface area contributed by atoms with Gasteiger partial charge in [0.2, 0.25) is 11.8 Å². The molecule has 0 aliphatic rings. The fourth-order valence-electron chi connectivity index (χ4n) is 0.993. The second-order valence-electron chi connectivity index (χ2n) is 3.70. The summed E-state index contributed by atoms with van der Waals surface area (Å²) in [6, 6.07) is 0.116. The van der Waals surface area contributed by atoms with Gasteiger partial charge in [-0.2, -0.15) is 0 Å². The molecule has 0 aromatic carbocycles. The molecular weight excluding hydrogens is 196 g/mol. The van der Waals surface area contributed by atoms with Crippen molar-refractivity contribution in [1.82, 2.24) is 10.2 Å². The largest absolute Gasteiger partial charge is 0.408 e. The first-order chi connectivity index (χ1) is 7.01. The topological polar surface area (TPSA) is 94.0 Å². The van der Waals surface area contributed by atoms with Gasteiger partial charge in [0.1, 0.15) is 0 Å². The maximum Gasteiger partial charge on any atom is 0.322 e. The Labute approximate surface area is 88.2 Å². The molecule has 6 heteroatoms. The molecule has 1 unspecified atom stereocenters. The van der Waals surface area contributed by atoms with E-state index in [1.54, 1.807) is 13.8 Å². The SMILES string of the molecule is CCC(C)(CN)C(=O)Nc1nnc(C)o1. The molecule has 1 atom stereocenters. The third kappa shape index (κ3) is 2.53. The summed E-state index contributed by atoms with van der Waals surface area (Å²) >= 11 is 0. The van der Waals surface area contributed by atoms with E-state index in [2.05, 4.69) is 15.5 Å². The number of aryl methyl sites for hydroxylation is 1. The number of anilines is 1. The Morgan fingerprint density at radius 3 is 2.67 bits per heavy atom. The van der Waals surface area contributed by atoms with Crippen LogP contribution in [-0.2, 0) is 4.79 Å². The van der Waals surface area contributed by atoms with E-state index in [0.717, 1.165) is 0 Å². The molecule has 0 spiro atoms. The van der Waals surface area contributed by atoms with E-state index in [4.69, 9.17) is 10.2 Å². The van der Waals surface area contributed by atoms with Crippen LogP contribution in [0.15, 0.2) is 4.42 Å². The summed E-state index contributed by atoms with van der Waals surface area (Å²) < 4.78 is 5.04. The minimum Gasteiger partial charge on any atom is -0.408 e. The van der Waals surface area contributed by atoms with Crippen LogP contribution in [0.3, 0.4) is 0 Å². The molecule has 1 aromatic rings. The molecule has 0 saturated heterocycles. The van der Waals surface area contributed by atoms with Crippen LogP contribution < -0.4 is 11.1 Å². The molecule has 0 bridgehead atoms. The number of hydrogen-bond acceptors (Lipinski definition) is 5. The molecule has 0 saturated carbocycles. The summed E-state index contributed by atoms with van der Waals surface area (Å²) in [6.07, 6.45) is 0.655. The monoisotopic (exact) mass is 212 g/mol. The van der Waals surface area contributed by atoms with E-state index in [1.807, 2.05) is 6.92 Å². The standard InChI is InChI=1S/C9H16N4O2/c1-4-9(3,5-10)7(14)11-8-13-12-6(2)15-8/h4-5,10H2,1-3H3,(H,11,13,14). The van der Waals surface area contributed by atoms with Gasteiger partial charge in [0, 0.05) is 13.5 Å². The summed E-state index contributed by atoms with van der Waals surface area (Å²) in [5.41, 5.74) is 4.95. The van der Waals surface area contributed by atoms with Crippen molar-refractivity contribution in [2.75, 3.05) is 11.9 Å². The number of nitrogens with two attached hydrogens (primary N) is 1. The van der Waals surface area contributed by atoms with Gasteiger partial charge in [-0.15, -0.1) is 5.10 Å². The Balaban J connectivity index is 2.70. The van der Waals surface area contributed by atoms with E-state index >= 15 is 0 Å². The normalized spacial score (nSPS) is 14.7. The van der Waals surface area contributed by atoms with Crippen molar-refractivity contribution in [3.63, 3.8) is 0 Å². The first-order valence-electron chi connectivity index (χ1n) is 4.83. The summed E-state index contributed by atoms with van der Waals surface area (Å²) in [5.74, 6) is 0.215. The second-order valence-corrected chi connectivity index (χ2v) is 3.70. The molecule has 1 heterocycles. The van der Waals surface area contributed by atoms with Crippen LogP contribution >= 0.6 is 0 Å². The van der Waals surface area contributed by atoms with Crippen LogP contribution in [0, 0.1) is 12.3 Å². The highest BCUT2D eigenvalue weighted by molar-refractivity contribution is 5.93. The van der Waals surface area contributed by atoms with Crippen molar-refractivity contribution in [3.8, 4) is 0 Å². The van der Waals surface area contributed by atoms with E-state index in [-0.39, 0.29) is 18.5 Å². The van der Waals surface area contributed by atoms with E-state index in [0.29, 0.717) is 12.3 Å². The molecule has 0 aliphatic heterocycles. The minimum atomic E-state index is -0.595. The Bertz CT molecular complexity index is 344. The molecule has 15 heavy (non-hydrogen) atoms. The molecule has 0 radical (unpaired) electrons. The summed E-state index contributed by atoms with van der Waals surface area (Å²) in [7, 11) is 0. The Morgan fingerprint density at radius 1 is 1.60 bits per heavy atom. The van der Waals surface area contributed by atoms with E-state index in [1.165, 1.54) is 0 Å². The maximum absolute atomic E-state index is 11.8. The van der Waals surface area contributed by atoms with Crippen LogP contribution in [0.2, 0.25) is 0 Å². The molecule has 6 nitrogen and oxygen atoms in total. The second kappa shape index (κ2) is 4.39. The zero-order valence-corrected chi connectivity index (χ0v) is 9.20. The van der Waals surface area contributed by atoms with Crippen molar-refractivity contribution in [2.45, 2.75) is 27.2 Å². The van der Waals surface area contributed by atoms with Crippen LogP contribution in [0.25, 0.3) is 0 Å². The third-order valence-electron chi connectivity index (χ3n) is 2.53. The fraction of sp³-hybridized carbons (Fsp3) is 0.667. The van der Waals surface area contributed by atoms with Gasteiger partial charge < -0.3 is 10.2 Å². The third-order valence-corrected chi connectivity index (χ3v) is 2.53. The molecule has 3 N–H and O–H groups in total. The molecular formula is C9H16N4O2. The van der Waals surface area contributed by atoms with E-state index < -0.39 is 5.41 Å². The van der Waals surface area contributed by atoms with E-state index in [9.17, 15) is 4.79 Å². The van der Waals surface area contributed by atoms with Gasteiger partial charge >= 0.3 is 6.01 Å². The molecule has 1 aromatic heterocycles. The number of rotatable bonds is 4. The maximum atomic E-state index is 11.8.